The van der Waals surface area contributed by atoms with Crippen molar-refractivity contribution in [3.8, 4) is 11.1 Å². The molecule has 0 unspecified atom stereocenters. The van der Waals surface area contributed by atoms with Gasteiger partial charge in [-0.05, 0) is 17.7 Å². The predicted molar refractivity (Wildman–Crippen MR) is 68.1 cm³/mol. The van der Waals surface area contributed by atoms with Crippen LogP contribution in [-0.2, 0) is 0 Å². The summed E-state index contributed by atoms with van der Waals surface area (Å²) in [4.78, 5) is 11.0. The second-order valence-electron chi connectivity index (χ2n) is 3.90. The third-order valence-electron chi connectivity index (χ3n) is 2.73. The molecule has 0 atom stereocenters. The molecule has 0 fully saturated rings. The SMILES string of the molecule is Nc1nc(N)c2c(-c3ccc(F)cc3)c[nH]c2n1. The van der Waals surface area contributed by atoms with E-state index in [0.717, 1.165) is 11.1 Å². The van der Waals surface area contributed by atoms with Crippen molar-refractivity contribution in [2.24, 2.45) is 0 Å². The molecule has 5 nitrogen and oxygen atoms in total. The van der Waals surface area contributed by atoms with Crippen LogP contribution in [0.3, 0.4) is 0 Å². The van der Waals surface area contributed by atoms with Crippen LogP contribution in [0, 0.1) is 5.82 Å². The molecule has 0 saturated heterocycles. The van der Waals surface area contributed by atoms with Gasteiger partial charge in [0, 0.05) is 11.8 Å². The smallest absolute Gasteiger partial charge is 0.223 e. The minimum Gasteiger partial charge on any atom is -0.383 e. The number of nitrogens with two attached hydrogens (primary N) is 2. The summed E-state index contributed by atoms with van der Waals surface area (Å²) in [6.07, 6.45) is 1.75. The van der Waals surface area contributed by atoms with Gasteiger partial charge in [0.15, 0.2) is 0 Å². The highest BCUT2D eigenvalue weighted by Crippen LogP contribution is 2.31. The monoisotopic (exact) mass is 243 g/mol. The second-order valence-corrected chi connectivity index (χ2v) is 3.90. The number of halogens is 1. The summed E-state index contributed by atoms with van der Waals surface area (Å²) >= 11 is 0. The highest BCUT2D eigenvalue weighted by molar-refractivity contribution is 6.00. The van der Waals surface area contributed by atoms with Gasteiger partial charge in [0.1, 0.15) is 17.3 Å². The lowest BCUT2D eigenvalue weighted by molar-refractivity contribution is 0.628. The number of nitrogens with one attached hydrogen (secondary N) is 1. The average molecular weight is 243 g/mol. The minimum atomic E-state index is -0.285. The topological polar surface area (TPSA) is 93.6 Å². The number of hydrogen-bond acceptors (Lipinski definition) is 4. The van der Waals surface area contributed by atoms with Crippen molar-refractivity contribution in [3.05, 3.63) is 36.3 Å². The molecule has 90 valence electrons. The number of anilines is 2. The van der Waals surface area contributed by atoms with Gasteiger partial charge in [0.2, 0.25) is 5.95 Å². The van der Waals surface area contributed by atoms with Crippen molar-refractivity contribution in [1.82, 2.24) is 15.0 Å². The molecule has 18 heavy (non-hydrogen) atoms. The number of fused-ring (bicyclic) bond motifs is 1. The van der Waals surface area contributed by atoms with Crippen molar-refractivity contribution in [3.63, 3.8) is 0 Å². The quantitative estimate of drug-likeness (QED) is 0.608. The molecule has 0 aliphatic carbocycles. The van der Waals surface area contributed by atoms with Gasteiger partial charge >= 0.3 is 0 Å². The van der Waals surface area contributed by atoms with E-state index in [4.69, 9.17) is 11.5 Å². The van der Waals surface area contributed by atoms with E-state index < -0.39 is 0 Å². The summed E-state index contributed by atoms with van der Waals surface area (Å²) in [6.45, 7) is 0. The van der Waals surface area contributed by atoms with Gasteiger partial charge in [0.05, 0.1) is 5.39 Å². The highest BCUT2D eigenvalue weighted by Gasteiger charge is 2.12. The Morgan fingerprint density at radius 1 is 1.06 bits per heavy atom. The fourth-order valence-electron chi connectivity index (χ4n) is 1.94. The molecule has 2 aromatic heterocycles. The van der Waals surface area contributed by atoms with Gasteiger partial charge in [-0.1, -0.05) is 12.1 Å². The van der Waals surface area contributed by atoms with Crippen LogP contribution in [0.15, 0.2) is 30.5 Å². The lowest BCUT2D eigenvalue weighted by Crippen LogP contribution is -1.99. The minimum absolute atomic E-state index is 0.118. The zero-order chi connectivity index (χ0) is 12.7. The Bertz CT molecular complexity index is 717. The lowest BCUT2D eigenvalue weighted by atomic mass is 10.1. The lowest BCUT2D eigenvalue weighted by Gasteiger charge is -2.02. The standard InChI is InChI=1S/C12H10FN5/c13-7-3-1-6(2-4-7)8-5-16-11-9(8)10(14)17-12(15)18-11/h1-5H,(H5,14,15,16,17,18). The fourth-order valence-corrected chi connectivity index (χ4v) is 1.94. The Labute approximate surface area is 102 Å². The zero-order valence-electron chi connectivity index (χ0n) is 9.31. The van der Waals surface area contributed by atoms with Crippen molar-refractivity contribution < 1.29 is 4.39 Å². The molecule has 2 heterocycles. The number of benzene rings is 1. The normalized spacial score (nSPS) is 10.9. The number of hydrogen-bond donors (Lipinski definition) is 3. The maximum atomic E-state index is 12.9. The van der Waals surface area contributed by atoms with E-state index in [-0.39, 0.29) is 11.8 Å². The van der Waals surface area contributed by atoms with Crippen LogP contribution >= 0.6 is 0 Å². The summed E-state index contributed by atoms with van der Waals surface area (Å²) in [6, 6.07) is 6.13. The maximum Gasteiger partial charge on any atom is 0.223 e. The van der Waals surface area contributed by atoms with Crippen molar-refractivity contribution in [2.45, 2.75) is 0 Å². The highest BCUT2D eigenvalue weighted by atomic mass is 19.1. The number of aromatic nitrogens is 3. The van der Waals surface area contributed by atoms with E-state index in [1.165, 1.54) is 12.1 Å². The van der Waals surface area contributed by atoms with E-state index in [1.807, 2.05) is 0 Å². The first-order valence-corrected chi connectivity index (χ1v) is 5.31. The molecule has 0 aliphatic rings. The summed E-state index contributed by atoms with van der Waals surface area (Å²) < 4.78 is 12.9. The summed E-state index contributed by atoms with van der Waals surface area (Å²) in [5.74, 6) is 0.137. The first-order chi connectivity index (χ1) is 8.65. The Morgan fingerprint density at radius 3 is 2.50 bits per heavy atom. The van der Waals surface area contributed by atoms with E-state index in [0.29, 0.717) is 16.9 Å². The first-order valence-electron chi connectivity index (χ1n) is 5.31. The molecule has 0 amide bonds. The van der Waals surface area contributed by atoms with E-state index in [1.54, 1.807) is 18.3 Å². The number of H-pyrrole nitrogens is 1. The molecule has 0 spiro atoms. The molecule has 0 aliphatic heterocycles. The second kappa shape index (κ2) is 3.69. The van der Waals surface area contributed by atoms with Gasteiger partial charge in [-0.15, -0.1) is 0 Å². The molecule has 6 heteroatoms. The third-order valence-corrected chi connectivity index (χ3v) is 2.73. The van der Waals surface area contributed by atoms with Crippen LogP contribution in [0.1, 0.15) is 0 Å². The fraction of sp³-hybridized carbons (Fsp3) is 0. The first kappa shape index (κ1) is 10.5. The number of nitrogens with zero attached hydrogens (tertiary/aromatic N) is 2. The van der Waals surface area contributed by atoms with Crippen LogP contribution in [-0.4, -0.2) is 15.0 Å². The molecular weight excluding hydrogens is 233 g/mol. The molecule has 1 aromatic carbocycles. The Hall–Kier alpha value is -2.63. The summed E-state index contributed by atoms with van der Waals surface area (Å²) in [7, 11) is 0. The predicted octanol–water partition coefficient (Wildman–Crippen LogP) is 1.93. The Balaban J connectivity index is 2.27. The van der Waals surface area contributed by atoms with Gasteiger partial charge < -0.3 is 16.5 Å². The largest absolute Gasteiger partial charge is 0.383 e. The molecular formula is C12H10FN5. The Morgan fingerprint density at radius 2 is 1.78 bits per heavy atom. The van der Waals surface area contributed by atoms with Gasteiger partial charge in [-0.3, -0.25) is 0 Å². The van der Waals surface area contributed by atoms with Crippen LogP contribution < -0.4 is 11.5 Å². The molecule has 5 N–H and O–H groups in total. The Kier molecular flexibility index (Phi) is 2.16. The van der Waals surface area contributed by atoms with Crippen molar-refractivity contribution in [1.29, 1.82) is 0 Å². The number of rotatable bonds is 1. The molecule has 3 rings (SSSR count). The van der Waals surface area contributed by atoms with E-state index in [2.05, 4.69) is 15.0 Å². The van der Waals surface area contributed by atoms with Gasteiger partial charge in [-0.25, -0.2) is 4.39 Å². The van der Waals surface area contributed by atoms with Crippen LogP contribution in [0.2, 0.25) is 0 Å². The number of nitrogen functional groups attached to an aromatic ring is 2. The number of aromatic amines is 1. The summed E-state index contributed by atoms with van der Waals surface area (Å²) in [5, 5.41) is 0.691. The molecule has 0 radical (unpaired) electrons. The average Bonchev–Trinajstić information content (AvgIpc) is 2.74. The third kappa shape index (κ3) is 1.55. The van der Waals surface area contributed by atoms with Crippen molar-refractivity contribution in [2.75, 3.05) is 11.5 Å². The van der Waals surface area contributed by atoms with Gasteiger partial charge in [-0.2, -0.15) is 9.97 Å². The molecule has 0 saturated carbocycles. The van der Waals surface area contributed by atoms with Gasteiger partial charge in [0.25, 0.3) is 0 Å². The molecule has 3 aromatic rings. The van der Waals surface area contributed by atoms with Crippen molar-refractivity contribution >= 4 is 22.8 Å². The maximum absolute atomic E-state index is 12.9. The van der Waals surface area contributed by atoms with Crippen LogP contribution in [0.4, 0.5) is 16.2 Å². The van der Waals surface area contributed by atoms with E-state index in [9.17, 15) is 4.39 Å². The zero-order valence-corrected chi connectivity index (χ0v) is 9.31. The summed E-state index contributed by atoms with van der Waals surface area (Å²) in [5.41, 5.74) is 13.6. The molecule has 0 bridgehead atoms. The van der Waals surface area contributed by atoms with E-state index >= 15 is 0 Å². The van der Waals surface area contributed by atoms with Crippen LogP contribution in [0.25, 0.3) is 22.2 Å². The van der Waals surface area contributed by atoms with Crippen LogP contribution in [0.5, 0.6) is 0 Å².